The number of hydrogen-bond donors (Lipinski definition) is 1. The summed E-state index contributed by atoms with van der Waals surface area (Å²) < 4.78 is 0. The summed E-state index contributed by atoms with van der Waals surface area (Å²) in [4.78, 5) is 0. The lowest BCUT2D eigenvalue weighted by Gasteiger charge is -2.08. The van der Waals surface area contributed by atoms with Gasteiger partial charge in [-0.1, -0.05) is 55.1 Å². The number of rotatable bonds is 3. The van der Waals surface area contributed by atoms with Crippen LogP contribution in [0.5, 0.6) is 0 Å². The maximum Gasteiger partial charge on any atom is 0.0885 e. The van der Waals surface area contributed by atoms with Crippen LogP contribution < -0.4 is 5.32 Å². The van der Waals surface area contributed by atoms with Gasteiger partial charge in [-0.05, 0) is 12.1 Å². The van der Waals surface area contributed by atoms with Crippen molar-refractivity contribution in [3.05, 3.63) is 78.5 Å². The van der Waals surface area contributed by atoms with Gasteiger partial charge in [0.25, 0.3) is 0 Å². The van der Waals surface area contributed by atoms with Crippen LogP contribution in [0.1, 0.15) is 5.56 Å². The van der Waals surface area contributed by atoms with Crippen molar-refractivity contribution < 1.29 is 0 Å². The van der Waals surface area contributed by atoms with Gasteiger partial charge in [-0.15, -0.1) is 5.73 Å². The fourth-order valence-electron chi connectivity index (χ4n) is 1.49. The van der Waals surface area contributed by atoms with Crippen molar-refractivity contribution in [1.29, 1.82) is 0 Å². The van der Waals surface area contributed by atoms with E-state index in [4.69, 9.17) is 0 Å². The molecule has 0 fully saturated rings. The van der Waals surface area contributed by atoms with E-state index in [1.165, 1.54) is 0 Å². The maximum absolute atomic E-state index is 3.71. The van der Waals surface area contributed by atoms with E-state index in [2.05, 4.69) is 17.6 Å². The van der Waals surface area contributed by atoms with Crippen molar-refractivity contribution in [2.24, 2.45) is 0 Å². The van der Waals surface area contributed by atoms with Crippen LogP contribution in [0.2, 0.25) is 0 Å². The van der Waals surface area contributed by atoms with Crippen molar-refractivity contribution >= 4 is 11.4 Å². The smallest absolute Gasteiger partial charge is 0.0885 e. The van der Waals surface area contributed by atoms with E-state index in [0.29, 0.717) is 0 Å². The SMILES string of the molecule is C=C=C(Nc1ccccc1)c1ccccc1. The molecule has 1 N–H and O–H groups in total. The van der Waals surface area contributed by atoms with Gasteiger partial charge in [0.05, 0.1) is 5.70 Å². The molecule has 1 heteroatoms. The van der Waals surface area contributed by atoms with E-state index in [1.54, 1.807) is 0 Å². The van der Waals surface area contributed by atoms with Gasteiger partial charge < -0.3 is 5.32 Å². The molecule has 0 aliphatic heterocycles. The molecule has 78 valence electrons. The van der Waals surface area contributed by atoms with Crippen LogP contribution in [0, 0.1) is 0 Å². The molecule has 0 aliphatic rings. The lowest BCUT2D eigenvalue weighted by Crippen LogP contribution is -1.96. The van der Waals surface area contributed by atoms with Crippen LogP contribution in [-0.4, -0.2) is 0 Å². The van der Waals surface area contributed by atoms with Crippen LogP contribution in [0.25, 0.3) is 5.70 Å². The highest BCUT2D eigenvalue weighted by Gasteiger charge is 1.99. The Morgan fingerprint density at radius 3 is 2.00 bits per heavy atom. The monoisotopic (exact) mass is 207 g/mol. The zero-order valence-corrected chi connectivity index (χ0v) is 8.98. The van der Waals surface area contributed by atoms with Crippen molar-refractivity contribution in [3.8, 4) is 0 Å². The molecule has 0 aliphatic carbocycles. The molecule has 0 saturated carbocycles. The van der Waals surface area contributed by atoms with Gasteiger partial charge in [-0.25, -0.2) is 0 Å². The summed E-state index contributed by atoms with van der Waals surface area (Å²) in [6, 6.07) is 20.1. The molecule has 0 saturated heterocycles. The van der Waals surface area contributed by atoms with Crippen LogP contribution in [0.3, 0.4) is 0 Å². The second kappa shape index (κ2) is 5.01. The lowest BCUT2D eigenvalue weighted by atomic mass is 10.1. The first-order valence-electron chi connectivity index (χ1n) is 5.17. The van der Waals surface area contributed by atoms with Crippen molar-refractivity contribution in [3.63, 3.8) is 0 Å². The molecule has 0 spiro atoms. The molecule has 16 heavy (non-hydrogen) atoms. The first-order valence-corrected chi connectivity index (χ1v) is 5.17. The summed E-state index contributed by atoms with van der Waals surface area (Å²) in [6.07, 6.45) is 0. The van der Waals surface area contributed by atoms with Gasteiger partial charge in [0, 0.05) is 11.3 Å². The molecule has 0 bridgehead atoms. The topological polar surface area (TPSA) is 12.0 Å². The molecule has 2 aromatic carbocycles. The second-order valence-electron chi connectivity index (χ2n) is 3.41. The van der Waals surface area contributed by atoms with E-state index < -0.39 is 0 Å². The summed E-state index contributed by atoms with van der Waals surface area (Å²) in [5.74, 6) is 0. The minimum atomic E-state index is 0.895. The summed E-state index contributed by atoms with van der Waals surface area (Å²) in [5, 5.41) is 3.29. The Hall–Kier alpha value is -2.24. The third-order valence-corrected chi connectivity index (χ3v) is 2.28. The van der Waals surface area contributed by atoms with Crippen molar-refractivity contribution in [2.75, 3.05) is 5.32 Å². The average molecular weight is 207 g/mol. The zero-order valence-electron chi connectivity index (χ0n) is 8.98. The highest BCUT2D eigenvalue weighted by molar-refractivity contribution is 5.75. The predicted octanol–water partition coefficient (Wildman–Crippen LogP) is 3.92. The molecule has 0 radical (unpaired) electrons. The summed E-state index contributed by atoms with van der Waals surface area (Å²) >= 11 is 0. The van der Waals surface area contributed by atoms with E-state index in [0.717, 1.165) is 16.9 Å². The molecule has 0 heterocycles. The average Bonchev–Trinajstić information content (AvgIpc) is 2.38. The standard InChI is InChI=1S/C15H13N/c1-2-15(13-9-5-3-6-10-13)16-14-11-7-4-8-12-14/h3-12,16H,1H2. The Bertz CT molecular complexity index is 493. The number of nitrogens with one attached hydrogen (secondary N) is 1. The molecule has 1 nitrogen and oxygen atoms in total. The summed E-state index contributed by atoms with van der Waals surface area (Å²) in [6.45, 7) is 3.71. The Labute approximate surface area is 95.8 Å². The number of hydrogen-bond acceptors (Lipinski definition) is 1. The van der Waals surface area contributed by atoms with Gasteiger partial charge in [0.1, 0.15) is 0 Å². The van der Waals surface area contributed by atoms with Gasteiger partial charge in [0.2, 0.25) is 0 Å². The number of anilines is 1. The Morgan fingerprint density at radius 2 is 1.44 bits per heavy atom. The summed E-state index contributed by atoms with van der Waals surface area (Å²) in [5.41, 5.74) is 5.94. The molecule has 0 aromatic heterocycles. The molecule has 2 rings (SSSR count). The Morgan fingerprint density at radius 1 is 0.875 bits per heavy atom. The molecule has 0 atom stereocenters. The van der Waals surface area contributed by atoms with E-state index in [9.17, 15) is 0 Å². The van der Waals surface area contributed by atoms with Gasteiger partial charge in [-0.3, -0.25) is 0 Å². The van der Waals surface area contributed by atoms with Gasteiger partial charge in [0.15, 0.2) is 0 Å². The highest BCUT2D eigenvalue weighted by Crippen LogP contribution is 2.16. The molecule has 0 unspecified atom stereocenters. The van der Waals surface area contributed by atoms with Crippen molar-refractivity contribution in [2.45, 2.75) is 0 Å². The minimum absolute atomic E-state index is 0.895. The van der Waals surface area contributed by atoms with Gasteiger partial charge in [-0.2, -0.15) is 0 Å². The lowest BCUT2D eigenvalue weighted by molar-refractivity contribution is 1.54. The largest absolute Gasteiger partial charge is 0.349 e. The van der Waals surface area contributed by atoms with Crippen LogP contribution >= 0.6 is 0 Å². The third kappa shape index (κ3) is 2.41. The predicted molar refractivity (Wildman–Crippen MR) is 69.1 cm³/mol. The fraction of sp³-hybridized carbons (Fsp3) is 0. The molecule has 0 amide bonds. The maximum atomic E-state index is 3.71. The quantitative estimate of drug-likeness (QED) is 0.752. The Kier molecular flexibility index (Phi) is 3.22. The summed E-state index contributed by atoms with van der Waals surface area (Å²) in [7, 11) is 0. The number of benzene rings is 2. The van der Waals surface area contributed by atoms with Gasteiger partial charge >= 0.3 is 0 Å². The highest BCUT2D eigenvalue weighted by atomic mass is 14.9. The van der Waals surface area contributed by atoms with Crippen LogP contribution in [0.4, 0.5) is 5.69 Å². The second-order valence-corrected chi connectivity index (χ2v) is 3.41. The number of para-hydroxylation sites is 1. The zero-order chi connectivity index (χ0) is 11.2. The van der Waals surface area contributed by atoms with E-state index in [1.807, 2.05) is 60.7 Å². The van der Waals surface area contributed by atoms with Crippen molar-refractivity contribution in [1.82, 2.24) is 0 Å². The first-order chi connectivity index (χ1) is 7.90. The Balaban J connectivity index is 2.24. The fourth-order valence-corrected chi connectivity index (χ4v) is 1.49. The van der Waals surface area contributed by atoms with E-state index in [-0.39, 0.29) is 0 Å². The molecular formula is C15H13N. The van der Waals surface area contributed by atoms with E-state index >= 15 is 0 Å². The van der Waals surface area contributed by atoms with Crippen LogP contribution in [0.15, 0.2) is 73.0 Å². The molecule has 2 aromatic rings. The molecular weight excluding hydrogens is 194 g/mol. The minimum Gasteiger partial charge on any atom is -0.349 e. The van der Waals surface area contributed by atoms with Crippen LogP contribution in [-0.2, 0) is 0 Å². The third-order valence-electron chi connectivity index (χ3n) is 2.28. The normalized spacial score (nSPS) is 9.25. The first kappa shape index (κ1) is 10.3.